The van der Waals surface area contributed by atoms with Crippen LogP contribution in [-0.2, 0) is 12.7 Å². The van der Waals surface area contributed by atoms with Crippen LogP contribution in [0, 0.1) is 19.7 Å². The Morgan fingerprint density at radius 3 is 2.39 bits per heavy atom. The number of aromatic nitrogens is 2. The summed E-state index contributed by atoms with van der Waals surface area (Å²) in [6.45, 7) is 3.59. The van der Waals surface area contributed by atoms with Gasteiger partial charge in [0.15, 0.2) is 5.82 Å². The summed E-state index contributed by atoms with van der Waals surface area (Å²) in [4.78, 5) is 29.9. The second-order valence-corrected chi connectivity index (χ2v) is 8.35. The molecule has 3 N–H and O–H groups in total. The van der Waals surface area contributed by atoms with Gasteiger partial charge in [0, 0.05) is 23.5 Å². The largest absolute Gasteiger partial charge is 0.416 e. The molecule has 12 heteroatoms. The summed E-state index contributed by atoms with van der Waals surface area (Å²) in [5, 5.41) is 11.9. The molecule has 0 saturated carbocycles. The minimum Gasteiger partial charge on any atom is -0.361 e. The van der Waals surface area contributed by atoms with Gasteiger partial charge in [0.1, 0.15) is 17.3 Å². The van der Waals surface area contributed by atoms with Crippen LogP contribution < -0.4 is 16.0 Å². The van der Waals surface area contributed by atoms with Crippen LogP contribution in [0.25, 0.3) is 0 Å². The Morgan fingerprint density at radius 2 is 1.71 bits per heavy atom. The standard InChI is InChI=1S/C26H21F4N5O3/c1-14-5-3-4-6-21(14)33-23-22(34-25(37)16-8-18(26(28,29)30)11-19(27)9-16)10-17(12-31-23)24(36)32-13-20-7-15(2)38-35-20/h3-12H,13H2,1-2H3,(H,31,33)(H,32,36)(H,34,37). The van der Waals surface area contributed by atoms with Crippen molar-refractivity contribution in [3.05, 3.63) is 100 Å². The number of pyridine rings is 1. The molecule has 0 saturated heterocycles. The maximum atomic E-state index is 13.9. The number of halogens is 4. The SMILES string of the molecule is Cc1cc(CNC(=O)c2cnc(Nc3ccccc3C)c(NC(=O)c3cc(F)cc(C(F)(F)F)c3)c2)no1. The van der Waals surface area contributed by atoms with E-state index < -0.39 is 34.9 Å². The zero-order valence-electron chi connectivity index (χ0n) is 20.1. The number of amides is 2. The van der Waals surface area contributed by atoms with Crippen molar-refractivity contribution in [1.29, 1.82) is 0 Å². The summed E-state index contributed by atoms with van der Waals surface area (Å²) < 4.78 is 58.3. The Bertz CT molecular complexity index is 1500. The van der Waals surface area contributed by atoms with Crippen LogP contribution in [0.3, 0.4) is 0 Å². The third-order valence-corrected chi connectivity index (χ3v) is 5.39. The summed E-state index contributed by atoms with van der Waals surface area (Å²) in [5.41, 5.74) is 0.134. The zero-order valence-corrected chi connectivity index (χ0v) is 20.1. The van der Waals surface area contributed by atoms with Gasteiger partial charge in [-0.3, -0.25) is 9.59 Å². The number of alkyl halides is 3. The van der Waals surface area contributed by atoms with Crippen LogP contribution in [-0.4, -0.2) is 22.0 Å². The predicted octanol–water partition coefficient (Wildman–Crippen LogP) is 5.77. The molecular weight excluding hydrogens is 506 g/mol. The third-order valence-electron chi connectivity index (χ3n) is 5.39. The summed E-state index contributed by atoms with van der Waals surface area (Å²) >= 11 is 0. The Kier molecular flexibility index (Phi) is 7.42. The Hall–Kier alpha value is -4.74. The first-order valence-corrected chi connectivity index (χ1v) is 11.2. The summed E-state index contributed by atoms with van der Waals surface area (Å²) in [5.74, 6) is -2.12. The minimum absolute atomic E-state index is 0.0130. The molecule has 2 aromatic heterocycles. The molecule has 4 aromatic rings. The molecular formula is C26H21F4N5O3. The normalized spacial score (nSPS) is 11.2. The molecule has 2 heterocycles. The average Bonchev–Trinajstić information content (AvgIpc) is 3.29. The van der Waals surface area contributed by atoms with Gasteiger partial charge in [-0.2, -0.15) is 13.2 Å². The van der Waals surface area contributed by atoms with Gasteiger partial charge in [0.05, 0.1) is 23.4 Å². The third kappa shape index (κ3) is 6.33. The van der Waals surface area contributed by atoms with Gasteiger partial charge in [0.2, 0.25) is 0 Å². The molecule has 2 aromatic carbocycles. The minimum atomic E-state index is -4.85. The van der Waals surface area contributed by atoms with Crippen LogP contribution in [0.5, 0.6) is 0 Å². The fourth-order valence-corrected chi connectivity index (χ4v) is 3.48. The van der Waals surface area contributed by atoms with Gasteiger partial charge in [-0.05, 0) is 49.7 Å². The lowest BCUT2D eigenvalue weighted by Gasteiger charge is -2.15. The van der Waals surface area contributed by atoms with E-state index in [2.05, 4.69) is 26.1 Å². The molecule has 0 aliphatic heterocycles. The number of hydrogen-bond acceptors (Lipinski definition) is 6. The monoisotopic (exact) mass is 527 g/mol. The number of carbonyl (C=O) groups is 2. The summed E-state index contributed by atoms with van der Waals surface area (Å²) in [6.07, 6.45) is -3.58. The smallest absolute Gasteiger partial charge is 0.361 e. The highest BCUT2D eigenvalue weighted by Gasteiger charge is 2.32. The van der Waals surface area contributed by atoms with E-state index in [-0.39, 0.29) is 23.6 Å². The lowest BCUT2D eigenvalue weighted by molar-refractivity contribution is -0.137. The molecule has 0 aliphatic carbocycles. The Morgan fingerprint density at radius 1 is 0.947 bits per heavy atom. The van der Waals surface area contributed by atoms with Crippen molar-refractivity contribution in [1.82, 2.24) is 15.5 Å². The van der Waals surface area contributed by atoms with Crippen molar-refractivity contribution in [2.75, 3.05) is 10.6 Å². The van der Waals surface area contributed by atoms with Gasteiger partial charge in [-0.15, -0.1) is 0 Å². The lowest BCUT2D eigenvalue weighted by atomic mass is 10.1. The molecule has 196 valence electrons. The first-order chi connectivity index (χ1) is 18.0. The first-order valence-electron chi connectivity index (χ1n) is 11.2. The maximum Gasteiger partial charge on any atom is 0.416 e. The number of nitrogens with one attached hydrogen (secondary N) is 3. The number of carbonyl (C=O) groups excluding carboxylic acids is 2. The Balaban J connectivity index is 1.64. The number of para-hydroxylation sites is 1. The molecule has 2 amide bonds. The van der Waals surface area contributed by atoms with Crippen LogP contribution in [0.15, 0.2) is 65.3 Å². The quantitative estimate of drug-likeness (QED) is 0.263. The fourth-order valence-electron chi connectivity index (χ4n) is 3.48. The first kappa shape index (κ1) is 26.3. The fraction of sp³-hybridized carbons (Fsp3) is 0.154. The Labute approximate surface area is 214 Å². The van der Waals surface area contributed by atoms with E-state index in [1.807, 2.05) is 19.1 Å². The summed E-state index contributed by atoms with van der Waals surface area (Å²) in [6, 6.07) is 11.6. The topological polar surface area (TPSA) is 109 Å². The van der Waals surface area contributed by atoms with Gasteiger partial charge in [0.25, 0.3) is 11.8 Å². The molecule has 0 unspecified atom stereocenters. The van der Waals surface area contributed by atoms with Crippen molar-refractivity contribution in [3.63, 3.8) is 0 Å². The number of aryl methyl sites for hydroxylation is 2. The molecule has 4 rings (SSSR count). The van der Waals surface area contributed by atoms with Crippen molar-refractivity contribution >= 4 is 29.0 Å². The molecule has 0 fully saturated rings. The molecule has 0 aliphatic rings. The highest BCUT2D eigenvalue weighted by atomic mass is 19.4. The molecule has 0 atom stereocenters. The van der Waals surface area contributed by atoms with Gasteiger partial charge >= 0.3 is 6.18 Å². The van der Waals surface area contributed by atoms with Crippen LogP contribution in [0.4, 0.5) is 34.8 Å². The van der Waals surface area contributed by atoms with Crippen molar-refractivity contribution in [2.24, 2.45) is 0 Å². The van der Waals surface area contributed by atoms with E-state index in [0.717, 1.165) is 5.56 Å². The predicted molar refractivity (Wildman–Crippen MR) is 130 cm³/mol. The molecule has 0 spiro atoms. The number of nitrogens with zero attached hydrogens (tertiary/aromatic N) is 2. The van der Waals surface area contributed by atoms with E-state index in [1.54, 1.807) is 25.1 Å². The van der Waals surface area contributed by atoms with Crippen molar-refractivity contribution in [2.45, 2.75) is 26.6 Å². The average molecular weight is 527 g/mol. The number of hydrogen-bond donors (Lipinski definition) is 3. The van der Waals surface area contributed by atoms with E-state index in [9.17, 15) is 27.2 Å². The second-order valence-electron chi connectivity index (χ2n) is 8.35. The van der Waals surface area contributed by atoms with E-state index >= 15 is 0 Å². The summed E-state index contributed by atoms with van der Waals surface area (Å²) in [7, 11) is 0. The van der Waals surface area contributed by atoms with Crippen LogP contribution in [0.1, 0.15) is 43.3 Å². The highest BCUT2D eigenvalue weighted by Crippen LogP contribution is 2.31. The molecule has 0 bridgehead atoms. The molecule has 8 nitrogen and oxygen atoms in total. The van der Waals surface area contributed by atoms with Crippen LogP contribution in [0.2, 0.25) is 0 Å². The number of anilines is 3. The van der Waals surface area contributed by atoms with Gasteiger partial charge < -0.3 is 20.5 Å². The maximum absolute atomic E-state index is 13.9. The highest BCUT2D eigenvalue weighted by molar-refractivity contribution is 6.07. The van der Waals surface area contributed by atoms with Crippen molar-refractivity contribution < 1.29 is 31.7 Å². The molecule has 0 radical (unpaired) electrons. The lowest BCUT2D eigenvalue weighted by Crippen LogP contribution is -2.24. The van der Waals surface area contributed by atoms with Crippen molar-refractivity contribution in [3.8, 4) is 0 Å². The number of rotatable bonds is 7. The van der Waals surface area contributed by atoms with E-state index in [1.165, 1.54) is 12.3 Å². The second kappa shape index (κ2) is 10.7. The van der Waals surface area contributed by atoms with Crippen LogP contribution >= 0.6 is 0 Å². The molecule has 38 heavy (non-hydrogen) atoms. The zero-order chi connectivity index (χ0) is 27.4. The van der Waals surface area contributed by atoms with Gasteiger partial charge in [-0.1, -0.05) is 23.4 Å². The number of benzene rings is 2. The van der Waals surface area contributed by atoms with Gasteiger partial charge in [-0.25, -0.2) is 9.37 Å². The van der Waals surface area contributed by atoms with E-state index in [0.29, 0.717) is 35.3 Å². The van der Waals surface area contributed by atoms with E-state index in [4.69, 9.17) is 4.52 Å².